The maximum Gasteiger partial charge on any atom is 0.243 e. The number of fused-ring (bicyclic) bond motifs is 1. The van der Waals surface area contributed by atoms with E-state index in [1.807, 2.05) is 60.0 Å². The zero-order chi connectivity index (χ0) is 20.6. The molecule has 0 saturated heterocycles. The number of amides is 2. The van der Waals surface area contributed by atoms with Crippen LogP contribution in [0.5, 0.6) is 0 Å². The Morgan fingerprint density at radius 1 is 1.14 bits per heavy atom. The Morgan fingerprint density at radius 2 is 1.90 bits per heavy atom. The molecule has 0 saturated carbocycles. The molecule has 6 nitrogen and oxygen atoms in total. The van der Waals surface area contributed by atoms with Gasteiger partial charge in [0.2, 0.25) is 11.8 Å². The van der Waals surface area contributed by atoms with Gasteiger partial charge >= 0.3 is 0 Å². The summed E-state index contributed by atoms with van der Waals surface area (Å²) in [6, 6.07) is 15.5. The van der Waals surface area contributed by atoms with Crippen molar-refractivity contribution >= 4 is 40.3 Å². The minimum atomic E-state index is -0.247. The van der Waals surface area contributed by atoms with E-state index >= 15 is 0 Å². The van der Waals surface area contributed by atoms with Crippen LogP contribution >= 0.6 is 11.8 Å². The van der Waals surface area contributed by atoms with Crippen LogP contribution in [0, 0.1) is 0 Å². The third-order valence-electron chi connectivity index (χ3n) is 4.38. The maximum atomic E-state index is 12.2. The number of para-hydroxylation sites is 3. The molecule has 3 rings (SSSR count). The molecule has 2 amide bonds. The van der Waals surface area contributed by atoms with Gasteiger partial charge in [0.15, 0.2) is 5.16 Å². The first-order chi connectivity index (χ1) is 14.1. The Hall–Kier alpha value is -3.06. The number of carbonyl (C=O) groups is 2. The summed E-state index contributed by atoms with van der Waals surface area (Å²) in [4.78, 5) is 29.0. The van der Waals surface area contributed by atoms with E-state index < -0.39 is 0 Å². The van der Waals surface area contributed by atoms with Gasteiger partial charge < -0.3 is 15.2 Å². The highest BCUT2D eigenvalue weighted by atomic mass is 32.2. The van der Waals surface area contributed by atoms with Crippen LogP contribution in [-0.2, 0) is 22.6 Å². The van der Waals surface area contributed by atoms with Crippen molar-refractivity contribution in [1.82, 2.24) is 14.9 Å². The second-order valence-corrected chi connectivity index (χ2v) is 7.35. The van der Waals surface area contributed by atoms with Gasteiger partial charge in [0.1, 0.15) is 0 Å². The fraction of sp³-hybridized carbons (Fsp3) is 0.227. The molecule has 0 radical (unpaired) electrons. The highest BCUT2D eigenvalue weighted by Crippen LogP contribution is 2.24. The van der Waals surface area contributed by atoms with Crippen molar-refractivity contribution in [3.63, 3.8) is 0 Å². The second kappa shape index (κ2) is 9.93. The molecule has 0 aliphatic carbocycles. The summed E-state index contributed by atoms with van der Waals surface area (Å²) in [5.41, 5.74) is 3.72. The third-order valence-corrected chi connectivity index (χ3v) is 5.36. The fourth-order valence-electron chi connectivity index (χ4n) is 2.97. The largest absolute Gasteiger partial charge is 0.346 e. The van der Waals surface area contributed by atoms with Crippen LogP contribution in [-0.4, -0.2) is 33.7 Å². The van der Waals surface area contributed by atoms with E-state index in [9.17, 15) is 9.59 Å². The van der Waals surface area contributed by atoms with Crippen molar-refractivity contribution in [1.29, 1.82) is 0 Å². The second-order valence-electron chi connectivity index (χ2n) is 6.41. The van der Waals surface area contributed by atoms with E-state index in [0.717, 1.165) is 33.9 Å². The monoisotopic (exact) mass is 408 g/mol. The van der Waals surface area contributed by atoms with Gasteiger partial charge in [-0.3, -0.25) is 9.59 Å². The number of imidazole rings is 1. The first-order valence-electron chi connectivity index (χ1n) is 9.45. The summed E-state index contributed by atoms with van der Waals surface area (Å²) in [5, 5.41) is 6.27. The Morgan fingerprint density at radius 3 is 2.69 bits per heavy atom. The molecular formula is C22H24N4O2S. The Bertz CT molecular complexity index is 1030. The minimum absolute atomic E-state index is 0.0689. The average Bonchev–Trinajstić information content (AvgIpc) is 3.09. The molecule has 3 aromatic rings. The molecule has 2 N–H and O–H groups in total. The highest BCUT2D eigenvalue weighted by molar-refractivity contribution is 7.99. The van der Waals surface area contributed by atoms with Crippen LogP contribution < -0.4 is 10.6 Å². The first-order valence-corrected chi connectivity index (χ1v) is 10.4. The van der Waals surface area contributed by atoms with Crippen molar-refractivity contribution in [2.45, 2.75) is 25.0 Å². The topological polar surface area (TPSA) is 76.0 Å². The molecule has 0 aliphatic rings. The highest BCUT2D eigenvalue weighted by Gasteiger charge is 2.13. The first kappa shape index (κ1) is 20.7. The van der Waals surface area contributed by atoms with Crippen LogP contribution in [0.1, 0.15) is 12.5 Å². The number of hydrogen-bond acceptors (Lipinski definition) is 4. The van der Waals surface area contributed by atoms with Crippen molar-refractivity contribution in [2.24, 2.45) is 0 Å². The van der Waals surface area contributed by atoms with E-state index in [2.05, 4.69) is 22.2 Å². The summed E-state index contributed by atoms with van der Waals surface area (Å²) in [6.07, 6.45) is 2.63. The van der Waals surface area contributed by atoms with Crippen LogP contribution in [0.2, 0.25) is 0 Å². The van der Waals surface area contributed by atoms with Crippen molar-refractivity contribution in [3.05, 3.63) is 66.7 Å². The lowest BCUT2D eigenvalue weighted by molar-refractivity contribution is -0.122. The van der Waals surface area contributed by atoms with Gasteiger partial charge in [-0.2, -0.15) is 0 Å². The molecule has 0 unspecified atom stereocenters. The maximum absolute atomic E-state index is 12.2. The molecule has 7 heteroatoms. The smallest absolute Gasteiger partial charge is 0.243 e. The molecule has 0 spiro atoms. The van der Waals surface area contributed by atoms with Crippen LogP contribution in [0.15, 0.2) is 66.3 Å². The lowest BCUT2D eigenvalue weighted by Gasteiger charge is -2.10. The number of thioether (sulfide) groups is 1. The molecular weight excluding hydrogens is 384 g/mol. The summed E-state index contributed by atoms with van der Waals surface area (Å²) in [6.45, 7) is 6.37. The number of rotatable bonds is 9. The van der Waals surface area contributed by atoms with Crippen molar-refractivity contribution < 1.29 is 9.59 Å². The lowest BCUT2D eigenvalue weighted by Crippen LogP contribution is -2.34. The number of allylic oxidation sites excluding steroid dienone is 1. The quantitative estimate of drug-likeness (QED) is 0.419. The molecule has 1 aromatic heterocycles. The summed E-state index contributed by atoms with van der Waals surface area (Å²) < 4.78 is 2.02. The third kappa shape index (κ3) is 5.26. The van der Waals surface area contributed by atoms with Gasteiger partial charge in [0.05, 0.1) is 23.3 Å². The number of nitrogens with one attached hydrogen (secondary N) is 2. The average molecular weight is 409 g/mol. The Kier molecular flexibility index (Phi) is 7.08. The fourth-order valence-corrected chi connectivity index (χ4v) is 3.83. The lowest BCUT2D eigenvalue weighted by atomic mass is 10.1. The van der Waals surface area contributed by atoms with E-state index in [4.69, 9.17) is 0 Å². The van der Waals surface area contributed by atoms with Crippen molar-refractivity contribution in [3.8, 4) is 0 Å². The molecule has 1 heterocycles. The molecule has 0 bridgehead atoms. The van der Waals surface area contributed by atoms with Gasteiger partial charge in [0, 0.05) is 12.2 Å². The van der Waals surface area contributed by atoms with E-state index in [0.29, 0.717) is 6.54 Å². The SMILES string of the molecule is C=CCn1c(SCC(=O)NCC(=O)Nc2ccccc2CC)nc2ccccc21. The van der Waals surface area contributed by atoms with E-state index in [1.54, 1.807) is 6.08 Å². The summed E-state index contributed by atoms with van der Waals surface area (Å²) in [7, 11) is 0. The van der Waals surface area contributed by atoms with Gasteiger partial charge in [-0.1, -0.05) is 55.1 Å². The van der Waals surface area contributed by atoms with Gasteiger partial charge in [-0.25, -0.2) is 4.98 Å². The minimum Gasteiger partial charge on any atom is -0.346 e. The van der Waals surface area contributed by atoms with Crippen LogP contribution in [0.4, 0.5) is 5.69 Å². The standard InChI is InChI=1S/C22H24N4O2S/c1-3-13-26-19-12-8-7-11-18(19)25-22(26)29-15-21(28)23-14-20(27)24-17-10-6-5-9-16(17)4-2/h3,5-12H,1,4,13-15H2,2H3,(H,23,28)(H,24,27). The molecule has 0 fully saturated rings. The molecule has 150 valence electrons. The van der Waals surface area contributed by atoms with Gasteiger partial charge in [-0.05, 0) is 30.2 Å². The Labute approximate surface area is 174 Å². The van der Waals surface area contributed by atoms with Crippen LogP contribution in [0.25, 0.3) is 11.0 Å². The number of benzene rings is 2. The number of hydrogen-bond donors (Lipinski definition) is 2. The van der Waals surface area contributed by atoms with Crippen molar-refractivity contribution in [2.75, 3.05) is 17.6 Å². The molecule has 0 aliphatic heterocycles. The number of aromatic nitrogens is 2. The van der Waals surface area contributed by atoms with Crippen LogP contribution in [0.3, 0.4) is 0 Å². The number of nitrogens with zero attached hydrogens (tertiary/aromatic N) is 2. The zero-order valence-electron chi connectivity index (χ0n) is 16.4. The van der Waals surface area contributed by atoms with Gasteiger partial charge in [-0.15, -0.1) is 6.58 Å². The predicted octanol–water partition coefficient (Wildman–Crippen LogP) is 3.63. The Balaban J connectivity index is 1.54. The van der Waals surface area contributed by atoms with E-state index in [-0.39, 0.29) is 24.1 Å². The number of anilines is 1. The molecule has 2 aromatic carbocycles. The van der Waals surface area contributed by atoms with Gasteiger partial charge in [0.25, 0.3) is 0 Å². The summed E-state index contributed by atoms with van der Waals surface area (Å²) in [5.74, 6) is -0.284. The zero-order valence-corrected chi connectivity index (χ0v) is 17.2. The van der Waals surface area contributed by atoms with E-state index in [1.165, 1.54) is 11.8 Å². The number of aryl methyl sites for hydroxylation is 1. The molecule has 29 heavy (non-hydrogen) atoms. The normalized spacial score (nSPS) is 10.7. The summed E-state index contributed by atoms with van der Waals surface area (Å²) >= 11 is 1.34. The molecule has 0 atom stereocenters. The number of carbonyl (C=O) groups excluding carboxylic acids is 2. The predicted molar refractivity (Wildman–Crippen MR) is 118 cm³/mol.